The van der Waals surface area contributed by atoms with Crippen LogP contribution in [0.15, 0.2) is 18.2 Å². The Kier molecular flexibility index (Phi) is 5.96. The van der Waals surface area contributed by atoms with E-state index in [2.05, 4.69) is 28.5 Å². The molecule has 156 valence electrons. The number of hydrogen-bond donors (Lipinski definition) is 2. The van der Waals surface area contributed by atoms with Crippen molar-refractivity contribution in [2.75, 3.05) is 19.6 Å². The summed E-state index contributed by atoms with van der Waals surface area (Å²) in [5.41, 5.74) is 2.82. The van der Waals surface area contributed by atoms with Crippen molar-refractivity contribution in [2.45, 2.75) is 64.2 Å². The van der Waals surface area contributed by atoms with Gasteiger partial charge in [0.2, 0.25) is 11.8 Å². The highest BCUT2D eigenvalue weighted by atomic mass is 16.2. The molecule has 0 bridgehead atoms. The van der Waals surface area contributed by atoms with E-state index in [1.807, 2.05) is 12.1 Å². The van der Waals surface area contributed by atoms with Crippen LogP contribution in [0.4, 0.5) is 0 Å². The van der Waals surface area contributed by atoms with E-state index < -0.39 is 6.04 Å². The lowest BCUT2D eigenvalue weighted by atomic mass is 10.0. The summed E-state index contributed by atoms with van der Waals surface area (Å²) in [4.78, 5) is 40.8. The molecule has 0 radical (unpaired) electrons. The Hall–Kier alpha value is -2.25. The third-order valence-electron chi connectivity index (χ3n) is 6.31. The minimum Gasteiger partial charge on any atom is -0.322 e. The van der Waals surface area contributed by atoms with E-state index in [9.17, 15) is 14.4 Å². The normalized spacial score (nSPS) is 22.9. The van der Waals surface area contributed by atoms with E-state index in [1.165, 1.54) is 0 Å². The molecule has 2 N–H and O–H groups in total. The van der Waals surface area contributed by atoms with Crippen molar-refractivity contribution < 1.29 is 14.4 Å². The number of carbonyl (C=O) groups is 3. The van der Waals surface area contributed by atoms with Gasteiger partial charge in [0, 0.05) is 31.1 Å². The van der Waals surface area contributed by atoms with Gasteiger partial charge in [-0.25, -0.2) is 0 Å². The Balaban J connectivity index is 1.48. The Labute approximate surface area is 171 Å². The molecule has 1 atom stereocenters. The number of piperidine rings is 2. The zero-order chi connectivity index (χ0) is 20.4. The number of rotatable bonds is 6. The van der Waals surface area contributed by atoms with Gasteiger partial charge >= 0.3 is 0 Å². The molecule has 1 aromatic carbocycles. The molecule has 0 aromatic heterocycles. The molecule has 7 heteroatoms. The SMILES string of the molecule is CCCN(Cc1ccc2c(c1)C(=O)N(C1CCC(=O)NC1=O)C2)C1CCNCC1. The van der Waals surface area contributed by atoms with Crippen LogP contribution in [0.5, 0.6) is 0 Å². The van der Waals surface area contributed by atoms with Crippen molar-refractivity contribution in [3.05, 3.63) is 34.9 Å². The first kappa shape index (κ1) is 20.0. The van der Waals surface area contributed by atoms with Crippen molar-refractivity contribution in [3.63, 3.8) is 0 Å². The second-order valence-electron chi connectivity index (χ2n) is 8.34. The number of carbonyl (C=O) groups excluding carboxylic acids is 3. The summed E-state index contributed by atoms with van der Waals surface area (Å²) in [6.07, 6.45) is 4.11. The van der Waals surface area contributed by atoms with Gasteiger partial charge in [-0.05, 0) is 62.5 Å². The maximum Gasteiger partial charge on any atom is 0.255 e. The van der Waals surface area contributed by atoms with Crippen molar-refractivity contribution in [1.29, 1.82) is 0 Å². The van der Waals surface area contributed by atoms with Crippen LogP contribution in [0.2, 0.25) is 0 Å². The Bertz CT molecular complexity index is 803. The van der Waals surface area contributed by atoms with Gasteiger partial charge in [-0.1, -0.05) is 19.1 Å². The van der Waals surface area contributed by atoms with Crippen molar-refractivity contribution in [2.24, 2.45) is 0 Å². The van der Waals surface area contributed by atoms with Crippen LogP contribution in [0.3, 0.4) is 0 Å². The summed E-state index contributed by atoms with van der Waals surface area (Å²) < 4.78 is 0. The Morgan fingerprint density at radius 3 is 2.66 bits per heavy atom. The second kappa shape index (κ2) is 8.63. The van der Waals surface area contributed by atoms with E-state index in [-0.39, 0.29) is 24.1 Å². The standard InChI is InChI=1S/C22H30N4O3/c1-2-11-25(17-7-9-23-10-8-17)13-15-3-4-16-14-26(22(29)18(16)12-15)19-5-6-20(27)24-21(19)28/h3-4,12,17,19,23H,2,5-11,13-14H2,1H3,(H,24,27,28). The molecular formula is C22H30N4O3. The number of imide groups is 1. The van der Waals surface area contributed by atoms with Crippen molar-refractivity contribution in [3.8, 4) is 0 Å². The fourth-order valence-corrected chi connectivity index (χ4v) is 4.78. The average Bonchev–Trinajstić information content (AvgIpc) is 3.04. The quantitative estimate of drug-likeness (QED) is 0.708. The smallest absolute Gasteiger partial charge is 0.255 e. The second-order valence-corrected chi connectivity index (χ2v) is 8.34. The maximum absolute atomic E-state index is 13.0. The fraction of sp³-hybridized carbons (Fsp3) is 0.591. The highest BCUT2D eigenvalue weighted by Crippen LogP contribution is 2.29. The third kappa shape index (κ3) is 4.21. The van der Waals surface area contributed by atoms with E-state index in [0.29, 0.717) is 24.6 Å². The molecule has 3 aliphatic heterocycles. The highest BCUT2D eigenvalue weighted by Gasteiger charge is 2.39. The molecule has 3 aliphatic rings. The van der Waals surface area contributed by atoms with Gasteiger partial charge in [-0.15, -0.1) is 0 Å². The average molecular weight is 399 g/mol. The minimum atomic E-state index is -0.553. The van der Waals surface area contributed by atoms with Gasteiger partial charge in [0.1, 0.15) is 6.04 Å². The van der Waals surface area contributed by atoms with Crippen LogP contribution >= 0.6 is 0 Å². The summed E-state index contributed by atoms with van der Waals surface area (Å²) in [5.74, 6) is -0.713. The first-order valence-electron chi connectivity index (χ1n) is 10.8. The number of nitrogens with zero attached hydrogens (tertiary/aromatic N) is 2. The molecule has 29 heavy (non-hydrogen) atoms. The van der Waals surface area contributed by atoms with Crippen molar-refractivity contribution >= 4 is 17.7 Å². The number of amides is 3. The third-order valence-corrected chi connectivity index (χ3v) is 6.31. The van der Waals surface area contributed by atoms with E-state index >= 15 is 0 Å². The summed E-state index contributed by atoms with van der Waals surface area (Å²) in [7, 11) is 0. The maximum atomic E-state index is 13.0. The van der Waals surface area contributed by atoms with Crippen LogP contribution in [0.25, 0.3) is 0 Å². The number of nitrogens with one attached hydrogen (secondary N) is 2. The summed E-state index contributed by atoms with van der Waals surface area (Å²) in [6, 6.07) is 6.18. The number of hydrogen-bond acceptors (Lipinski definition) is 5. The van der Waals surface area contributed by atoms with Gasteiger partial charge in [0.15, 0.2) is 0 Å². The fourth-order valence-electron chi connectivity index (χ4n) is 4.78. The predicted molar refractivity (Wildman–Crippen MR) is 109 cm³/mol. The van der Waals surface area contributed by atoms with Gasteiger partial charge in [0.05, 0.1) is 0 Å². The van der Waals surface area contributed by atoms with Gasteiger partial charge in [-0.3, -0.25) is 24.6 Å². The van der Waals surface area contributed by atoms with Crippen molar-refractivity contribution in [1.82, 2.24) is 20.4 Å². The molecule has 0 spiro atoms. The molecule has 1 aromatic rings. The van der Waals surface area contributed by atoms with E-state index in [4.69, 9.17) is 0 Å². The zero-order valence-electron chi connectivity index (χ0n) is 17.1. The topological polar surface area (TPSA) is 81.8 Å². The van der Waals surface area contributed by atoms with Crippen LogP contribution in [0.1, 0.15) is 60.5 Å². The number of benzene rings is 1. The molecule has 1 unspecified atom stereocenters. The Morgan fingerprint density at radius 2 is 1.93 bits per heavy atom. The lowest BCUT2D eigenvalue weighted by Crippen LogP contribution is -2.52. The largest absolute Gasteiger partial charge is 0.322 e. The number of fused-ring (bicyclic) bond motifs is 1. The van der Waals surface area contributed by atoms with Crippen LogP contribution < -0.4 is 10.6 Å². The van der Waals surface area contributed by atoms with E-state index in [0.717, 1.165) is 56.6 Å². The zero-order valence-corrected chi connectivity index (χ0v) is 17.1. The molecule has 2 fully saturated rings. The van der Waals surface area contributed by atoms with Crippen LogP contribution in [-0.2, 0) is 22.7 Å². The molecule has 7 nitrogen and oxygen atoms in total. The Morgan fingerprint density at radius 1 is 1.14 bits per heavy atom. The molecular weight excluding hydrogens is 368 g/mol. The lowest BCUT2D eigenvalue weighted by Gasteiger charge is -2.34. The molecule has 0 saturated carbocycles. The van der Waals surface area contributed by atoms with Crippen LogP contribution in [-0.4, -0.2) is 59.2 Å². The van der Waals surface area contributed by atoms with E-state index in [1.54, 1.807) is 4.90 Å². The first-order valence-corrected chi connectivity index (χ1v) is 10.8. The predicted octanol–water partition coefficient (Wildman–Crippen LogP) is 1.41. The van der Waals surface area contributed by atoms with Gasteiger partial charge in [0.25, 0.3) is 5.91 Å². The first-order chi connectivity index (χ1) is 14.1. The molecule has 0 aliphatic carbocycles. The molecule has 3 amide bonds. The lowest BCUT2D eigenvalue weighted by molar-refractivity contribution is -0.136. The molecule has 3 heterocycles. The summed E-state index contributed by atoms with van der Waals surface area (Å²) >= 11 is 0. The summed E-state index contributed by atoms with van der Waals surface area (Å²) in [6.45, 7) is 6.67. The van der Waals surface area contributed by atoms with Gasteiger partial charge in [-0.2, -0.15) is 0 Å². The monoisotopic (exact) mass is 398 g/mol. The molecule has 2 saturated heterocycles. The van der Waals surface area contributed by atoms with Crippen LogP contribution in [0, 0.1) is 0 Å². The highest BCUT2D eigenvalue weighted by molar-refractivity contribution is 6.05. The summed E-state index contributed by atoms with van der Waals surface area (Å²) in [5, 5.41) is 5.79. The van der Waals surface area contributed by atoms with Gasteiger partial charge < -0.3 is 10.2 Å². The minimum absolute atomic E-state index is 0.0970. The molecule has 4 rings (SSSR count).